The molecule has 8 heteroatoms. The number of hydrogen-bond acceptors (Lipinski definition) is 4. The van der Waals surface area contributed by atoms with Crippen molar-refractivity contribution in [1.82, 2.24) is 5.32 Å². The van der Waals surface area contributed by atoms with E-state index in [1.54, 1.807) is 12.1 Å². The van der Waals surface area contributed by atoms with Crippen molar-refractivity contribution in [3.05, 3.63) is 23.2 Å². The van der Waals surface area contributed by atoms with E-state index in [0.29, 0.717) is 23.0 Å². The lowest BCUT2D eigenvalue weighted by Crippen LogP contribution is -2.50. The number of amides is 1. The Morgan fingerprint density at radius 1 is 1.52 bits per heavy atom. The van der Waals surface area contributed by atoms with Gasteiger partial charge in [0, 0.05) is 11.6 Å². The maximum absolute atomic E-state index is 12.0. The smallest absolute Gasteiger partial charge is 0.263 e. The van der Waals surface area contributed by atoms with E-state index in [-0.39, 0.29) is 12.5 Å². The highest BCUT2D eigenvalue weighted by Gasteiger charge is 2.34. The molecule has 0 bridgehead atoms. The van der Waals surface area contributed by atoms with Crippen LogP contribution >= 0.6 is 11.6 Å². The molecule has 1 N–H and O–H groups in total. The minimum atomic E-state index is -3.53. The van der Waals surface area contributed by atoms with Gasteiger partial charge < -0.3 is 10.1 Å². The highest BCUT2D eigenvalue weighted by Crippen LogP contribution is 2.36. The van der Waals surface area contributed by atoms with Crippen LogP contribution in [0.4, 0.5) is 5.69 Å². The fourth-order valence-corrected chi connectivity index (χ4v) is 3.11. The van der Waals surface area contributed by atoms with Gasteiger partial charge in [0.2, 0.25) is 10.0 Å². The number of carbonyl (C=O) groups is 1. The first-order chi connectivity index (χ1) is 9.82. The second-order valence-corrected chi connectivity index (χ2v) is 7.15. The van der Waals surface area contributed by atoms with E-state index < -0.39 is 16.1 Å². The number of nitrogens with one attached hydrogen (secondary N) is 1. The number of fused-ring (bicyclic) bond motifs is 1. The highest BCUT2D eigenvalue weighted by molar-refractivity contribution is 7.92. The fourth-order valence-electron chi connectivity index (χ4n) is 2.04. The van der Waals surface area contributed by atoms with Crippen molar-refractivity contribution in [2.75, 3.05) is 23.7 Å². The van der Waals surface area contributed by atoms with E-state index in [9.17, 15) is 13.2 Å². The first-order valence-electron chi connectivity index (χ1n) is 6.54. The molecule has 116 valence electrons. The van der Waals surface area contributed by atoms with Crippen LogP contribution in [0.3, 0.4) is 0 Å². The summed E-state index contributed by atoms with van der Waals surface area (Å²) in [6.45, 7) is 2.38. The van der Waals surface area contributed by atoms with Crippen LogP contribution in [0, 0.1) is 0 Å². The molecule has 0 saturated carbocycles. The SMILES string of the molecule is CCCNC(=O)[C@@H]1CN(S(C)(=O)=O)c2cc(Cl)ccc2O1. The van der Waals surface area contributed by atoms with Gasteiger partial charge in [-0.1, -0.05) is 18.5 Å². The first-order valence-corrected chi connectivity index (χ1v) is 8.77. The molecule has 0 aromatic heterocycles. The third kappa shape index (κ3) is 3.59. The first kappa shape index (κ1) is 15.9. The molecule has 0 unspecified atom stereocenters. The van der Waals surface area contributed by atoms with Crippen molar-refractivity contribution in [1.29, 1.82) is 0 Å². The van der Waals surface area contributed by atoms with Gasteiger partial charge in [-0.05, 0) is 24.6 Å². The van der Waals surface area contributed by atoms with E-state index >= 15 is 0 Å². The Balaban J connectivity index is 2.34. The molecule has 1 heterocycles. The van der Waals surface area contributed by atoms with Crippen LogP contribution in [0.15, 0.2) is 18.2 Å². The summed E-state index contributed by atoms with van der Waals surface area (Å²) in [4.78, 5) is 12.0. The van der Waals surface area contributed by atoms with Crippen molar-refractivity contribution >= 4 is 33.2 Å². The summed E-state index contributed by atoms with van der Waals surface area (Å²) in [6.07, 6.45) is 1.00. The Bertz CT molecular complexity index is 648. The van der Waals surface area contributed by atoms with Crippen molar-refractivity contribution in [2.24, 2.45) is 0 Å². The van der Waals surface area contributed by atoms with E-state index in [4.69, 9.17) is 16.3 Å². The van der Waals surface area contributed by atoms with Crippen molar-refractivity contribution in [2.45, 2.75) is 19.4 Å². The average Bonchev–Trinajstić information content (AvgIpc) is 2.42. The zero-order valence-electron chi connectivity index (χ0n) is 11.8. The Labute approximate surface area is 129 Å². The Morgan fingerprint density at radius 3 is 2.86 bits per heavy atom. The van der Waals surface area contributed by atoms with Crippen LogP contribution in [0.1, 0.15) is 13.3 Å². The minimum absolute atomic E-state index is 0.0677. The van der Waals surface area contributed by atoms with Gasteiger partial charge in [-0.15, -0.1) is 0 Å². The van der Waals surface area contributed by atoms with Gasteiger partial charge in [-0.2, -0.15) is 0 Å². The van der Waals surface area contributed by atoms with Gasteiger partial charge >= 0.3 is 0 Å². The summed E-state index contributed by atoms with van der Waals surface area (Å²) < 4.78 is 30.6. The summed E-state index contributed by atoms with van der Waals surface area (Å²) in [6, 6.07) is 4.67. The number of halogens is 1. The molecule has 6 nitrogen and oxygen atoms in total. The van der Waals surface area contributed by atoms with Crippen LogP contribution in [0.5, 0.6) is 5.75 Å². The third-order valence-corrected chi connectivity index (χ3v) is 4.41. The molecule has 2 rings (SSSR count). The molecular weight excluding hydrogens is 316 g/mol. The van der Waals surface area contributed by atoms with E-state index in [2.05, 4.69) is 5.32 Å². The Morgan fingerprint density at radius 2 is 2.24 bits per heavy atom. The van der Waals surface area contributed by atoms with Gasteiger partial charge in [-0.3, -0.25) is 9.10 Å². The average molecular weight is 333 g/mol. The molecule has 1 aromatic rings. The van der Waals surface area contributed by atoms with Gasteiger partial charge in [0.05, 0.1) is 18.5 Å². The molecule has 21 heavy (non-hydrogen) atoms. The molecule has 0 spiro atoms. The maximum Gasteiger partial charge on any atom is 0.263 e. The lowest BCUT2D eigenvalue weighted by Gasteiger charge is -2.34. The zero-order chi connectivity index (χ0) is 15.6. The molecule has 0 aliphatic carbocycles. The zero-order valence-corrected chi connectivity index (χ0v) is 13.4. The molecule has 0 radical (unpaired) electrons. The lowest BCUT2D eigenvalue weighted by atomic mass is 10.2. The molecule has 1 atom stereocenters. The molecule has 1 amide bonds. The number of nitrogens with zero attached hydrogens (tertiary/aromatic N) is 1. The molecule has 1 aliphatic heterocycles. The summed E-state index contributed by atoms with van der Waals surface area (Å²) in [5.74, 6) is -0.00109. The Kier molecular flexibility index (Phi) is 4.63. The van der Waals surface area contributed by atoms with Crippen molar-refractivity contribution < 1.29 is 17.9 Å². The number of sulfonamides is 1. The normalized spacial score (nSPS) is 17.9. The molecular formula is C13H17ClN2O4S. The van der Waals surface area contributed by atoms with E-state index in [1.807, 2.05) is 6.92 Å². The predicted octanol–water partition coefficient (Wildman–Crippen LogP) is 1.39. The maximum atomic E-state index is 12.0. The predicted molar refractivity (Wildman–Crippen MR) is 81.4 cm³/mol. The van der Waals surface area contributed by atoms with Gasteiger partial charge in [0.1, 0.15) is 5.75 Å². The van der Waals surface area contributed by atoms with Gasteiger partial charge in [-0.25, -0.2) is 8.42 Å². The monoisotopic (exact) mass is 332 g/mol. The summed E-state index contributed by atoms with van der Waals surface area (Å²) in [5.41, 5.74) is 0.351. The quantitative estimate of drug-likeness (QED) is 0.904. The molecule has 1 aromatic carbocycles. The van der Waals surface area contributed by atoms with Gasteiger partial charge in [0.25, 0.3) is 5.91 Å². The van der Waals surface area contributed by atoms with E-state index in [0.717, 1.165) is 17.0 Å². The van der Waals surface area contributed by atoms with Gasteiger partial charge in [0.15, 0.2) is 6.10 Å². The number of hydrogen-bond donors (Lipinski definition) is 1. The van der Waals surface area contributed by atoms with Crippen LogP contribution < -0.4 is 14.4 Å². The second-order valence-electron chi connectivity index (χ2n) is 4.80. The standard InChI is InChI=1S/C13H17ClN2O4S/c1-3-6-15-13(17)12-8-16(21(2,18)19)10-7-9(14)4-5-11(10)20-12/h4-5,7,12H,3,6,8H2,1-2H3,(H,15,17)/t12-/m0/s1. The number of carbonyl (C=O) groups excluding carboxylic acids is 1. The summed E-state index contributed by atoms with van der Waals surface area (Å²) in [5, 5.41) is 3.11. The van der Waals surface area contributed by atoms with Crippen LogP contribution in [-0.4, -0.2) is 39.8 Å². The summed E-state index contributed by atoms with van der Waals surface area (Å²) in [7, 11) is -3.53. The largest absolute Gasteiger partial charge is 0.476 e. The highest BCUT2D eigenvalue weighted by atomic mass is 35.5. The number of rotatable bonds is 4. The third-order valence-electron chi connectivity index (χ3n) is 3.03. The fraction of sp³-hybridized carbons (Fsp3) is 0.462. The molecule has 0 saturated heterocycles. The summed E-state index contributed by atoms with van der Waals surface area (Å²) >= 11 is 5.90. The van der Waals surface area contributed by atoms with Crippen LogP contribution in [0.2, 0.25) is 5.02 Å². The minimum Gasteiger partial charge on any atom is -0.476 e. The van der Waals surface area contributed by atoms with Crippen LogP contribution in [-0.2, 0) is 14.8 Å². The van der Waals surface area contributed by atoms with E-state index in [1.165, 1.54) is 6.07 Å². The lowest BCUT2D eigenvalue weighted by molar-refractivity contribution is -0.127. The molecule has 1 aliphatic rings. The Hall–Kier alpha value is -1.47. The molecule has 0 fully saturated rings. The van der Waals surface area contributed by atoms with Crippen molar-refractivity contribution in [3.63, 3.8) is 0 Å². The van der Waals surface area contributed by atoms with Crippen molar-refractivity contribution in [3.8, 4) is 5.75 Å². The number of benzene rings is 1. The second kappa shape index (κ2) is 6.11. The number of ether oxygens (including phenoxy) is 1. The van der Waals surface area contributed by atoms with Crippen LogP contribution in [0.25, 0.3) is 0 Å². The topological polar surface area (TPSA) is 75.7 Å². The number of anilines is 1.